The van der Waals surface area contributed by atoms with Crippen LogP contribution < -0.4 is 0 Å². The van der Waals surface area contributed by atoms with Gasteiger partial charge in [-0.15, -0.1) is 0 Å². The Morgan fingerprint density at radius 3 is 2.39 bits per heavy atom. The van der Waals surface area contributed by atoms with E-state index < -0.39 is 0 Å². The lowest BCUT2D eigenvalue weighted by Crippen LogP contribution is -2.04. The third-order valence-electron chi connectivity index (χ3n) is 3.99. The fourth-order valence-electron chi connectivity index (χ4n) is 2.57. The molecule has 28 heavy (non-hydrogen) atoms. The van der Waals surface area contributed by atoms with Crippen LogP contribution in [0.1, 0.15) is 27.0 Å². The van der Waals surface area contributed by atoms with Gasteiger partial charge in [0.25, 0.3) is 0 Å². The molecule has 6 heteroatoms. The Balaban J connectivity index is 1.64. The smallest absolute Gasteiger partial charge is 0.338 e. The second-order valence-electron chi connectivity index (χ2n) is 6.22. The van der Waals surface area contributed by atoms with Crippen LogP contribution in [0.2, 0.25) is 0 Å². The van der Waals surface area contributed by atoms with Gasteiger partial charge in [-0.3, -0.25) is 0 Å². The molecule has 0 aliphatic carbocycles. The molecule has 0 spiro atoms. The molecule has 0 radical (unpaired) electrons. The SMILES string of the molecule is Cc1cc(Br)c(CN=Nc2cccc(C(=O)OCc3ccccc3)c2)c(Br)c1. The van der Waals surface area contributed by atoms with Crippen LogP contribution in [0, 0.1) is 6.92 Å². The van der Waals surface area contributed by atoms with E-state index in [0.29, 0.717) is 17.8 Å². The van der Waals surface area contributed by atoms with Crippen LogP contribution in [0.3, 0.4) is 0 Å². The summed E-state index contributed by atoms with van der Waals surface area (Å²) in [5, 5.41) is 8.51. The first-order chi connectivity index (χ1) is 13.5. The summed E-state index contributed by atoms with van der Waals surface area (Å²) in [5.74, 6) is -0.384. The summed E-state index contributed by atoms with van der Waals surface area (Å²) in [4.78, 5) is 12.3. The van der Waals surface area contributed by atoms with Crippen LogP contribution in [0.25, 0.3) is 0 Å². The number of hydrogen-bond donors (Lipinski definition) is 0. The average molecular weight is 502 g/mol. The maximum Gasteiger partial charge on any atom is 0.338 e. The molecule has 0 N–H and O–H groups in total. The number of hydrogen-bond acceptors (Lipinski definition) is 4. The first-order valence-electron chi connectivity index (χ1n) is 8.66. The molecule has 0 heterocycles. The predicted octanol–water partition coefficient (Wildman–Crippen LogP) is 7.16. The second kappa shape index (κ2) is 9.75. The average Bonchev–Trinajstić information content (AvgIpc) is 2.69. The van der Waals surface area contributed by atoms with Crippen molar-refractivity contribution in [1.82, 2.24) is 0 Å². The molecule has 0 saturated heterocycles. The molecule has 0 aliphatic rings. The van der Waals surface area contributed by atoms with E-state index in [2.05, 4.69) is 42.1 Å². The molecule has 142 valence electrons. The van der Waals surface area contributed by atoms with Gasteiger partial charge >= 0.3 is 5.97 Å². The molecule has 0 aliphatic heterocycles. The lowest BCUT2D eigenvalue weighted by molar-refractivity contribution is 0.0473. The van der Waals surface area contributed by atoms with Gasteiger partial charge in [0.1, 0.15) is 6.61 Å². The van der Waals surface area contributed by atoms with Crippen LogP contribution in [0.15, 0.2) is 85.9 Å². The molecule has 3 aromatic carbocycles. The second-order valence-corrected chi connectivity index (χ2v) is 7.93. The minimum atomic E-state index is -0.384. The van der Waals surface area contributed by atoms with Crippen LogP contribution in [0.5, 0.6) is 0 Å². The van der Waals surface area contributed by atoms with E-state index >= 15 is 0 Å². The van der Waals surface area contributed by atoms with E-state index in [1.54, 1.807) is 24.3 Å². The Kier molecular flexibility index (Phi) is 7.12. The molecule has 3 aromatic rings. The first-order valence-corrected chi connectivity index (χ1v) is 10.2. The summed E-state index contributed by atoms with van der Waals surface area (Å²) in [5.41, 5.74) is 4.17. The van der Waals surface area contributed by atoms with Gasteiger partial charge < -0.3 is 4.74 Å². The minimum absolute atomic E-state index is 0.237. The minimum Gasteiger partial charge on any atom is -0.457 e. The summed E-state index contributed by atoms with van der Waals surface area (Å²) in [6, 6.07) is 20.6. The third kappa shape index (κ3) is 5.59. The van der Waals surface area contributed by atoms with Crippen molar-refractivity contribution >= 4 is 43.5 Å². The van der Waals surface area contributed by atoms with E-state index in [0.717, 1.165) is 25.6 Å². The number of carbonyl (C=O) groups is 1. The molecule has 0 unspecified atom stereocenters. The standard InChI is InChI=1S/C22H18Br2N2O2/c1-15-10-20(23)19(21(24)11-15)13-25-26-18-9-5-8-17(12-18)22(27)28-14-16-6-3-2-4-7-16/h2-12H,13-14H2,1H3. The van der Waals surface area contributed by atoms with Crippen molar-refractivity contribution in [2.75, 3.05) is 0 Å². The topological polar surface area (TPSA) is 51.0 Å². The Morgan fingerprint density at radius 1 is 0.964 bits per heavy atom. The maximum atomic E-state index is 12.3. The Labute approximate surface area is 180 Å². The van der Waals surface area contributed by atoms with Gasteiger partial charge in [-0.05, 0) is 48.4 Å². The Hall–Kier alpha value is -2.31. The van der Waals surface area contributed by atoms with Gasteiger partial charge in [0.15, 0.2) is 0 Å². The van der Waals surface area contributed by atoms with Gasteiger partial charge in [0.05, 0.1) is 17.8 Å². The highest BCUT2D eigenvalue weighted by Gasteiger charge is 2.09. The van der Waals surface area contributed by atoms with Crippen molar-refractivity contribution in [3.63, 3.8) is 0 Å². The zero-order valence-corrected chi connectivity index (χ0v) is 18.4. The zero-order chi connectivity index (χ0) is 19.9. The highest BCUT2D eigenvalue weighted by Crippen LogP contribution is 2.28. The highest BCUT2D eigenvalue weighted by atomic mass is 79.9. The van der Waals surface area contributed by atoms with Crippen molar-refractivity contribution < 1.29 is 9.53 Å². The van der Waals surface area contributed by atoms with E-state index in [9.17, 15) is 4.79 Å². The fourth-order valence-corrected chi connectivity index (χ4v) is 4.24. The summed E-state index contributed by atoms with van der Waals surface area (Å²) in [6.07, 6.45) is 0. The molecule has 0 saturated carbocycles. The molecule has 0 atom stereocenters. The molecular weight excluding hydrogens is 484 g/mol. The monoisotopic (exact) mass is 500 g/mol. The van der Waals surface area contributed by atoms with E-state index in [4.69, 9.17) is 4.74 Å². The third-order valence-corrected chi connectivity index (χ3v) is 5.41. The van der Waals surface area contributed by atoms with Crippen LogP contribution >= 0.6 is 31.9 Å². The Morgan fingerprint density at radius 2 is 1.68 bits per heavy atom. The van der Waals surface area contributed by atoms with Gasteiger partial charge in [0.2, 0.25) is 0 Å². The molecule has 4 nitrogen and oxygen atoms in total. The number of azo groups is 1. The first kappa shape index (κ1) is 20.4. The number of aryl methyl sites for hydroxylation is 1. The molecule has 0 fully saturated rings. The number of nitrogens with zero attached hydrogens (tertiary/aromatic N) is 2. The summed E-state index contributed by atoms with van der Waals surface area (Å²) in [6.45, 7) is 2.69. The van der Waals surface area contributed by atoms with Crippen LogP contribution in [0.4, 0.5) is 5.69 Å². The maximum absolute atomic E-state index is 12.3. The number of esters is 1. The van der Waals surface area contributed by atoms with Crippen molar-refractivity contribution in [3.05, 3.63) is 97.9 Å². The van der Waals surface area contributed by atoms with Crippen molar-refractivity contribution in [3.8, 4) is 0 Å². The molecule has 3 rings (SSSR count). The van der Waals surface area contributed by atoms with Crippen LogP contribution in [-0.2, 0) is 17.9 Å². The molecule has 0 bridgehead atoms. The number of ether oxygens (including phenoxy) is 1. The van der Waals surface area contributed by atoms with E-state index in [1.165, 1.54) is 0 Å². The van der Waals surface area contributed by atoms with E-state index in [-0.39, 0.29) is 12.6 Å². The van der Waals surface area contributed by atoms with Crippen LogP contribution in [-0.4, -0.2) is 5.97 Å². The lowest BCUT2D eigenvalue weighted by atomic mass is 10.1. The molecule has 0 amide bonds. The predicted molar refractivity (Wildman–Crippen MR) is 117 cm³/mol. The fraction of sp³-hybridized carbons (Fsp3) is 0.136. The quantitative estimate of drug-likeness (QED) is 0.265. The van der Waals surface area contributed by atoms with E-state index in [1.807, 2.05) is 49.4 Å². The largest absolute Gasteiger partial charge is 0.457 e. The number of halogens is 2. The van der Waals surface area contributed by atoms with Crippen molar-refractivity contribution in [2.45, 2.75) is 20.1 Å². The molecular formula is C22H18Br2N2O2. The number of benzene rings is 3. The summed E-state index contributed by atoms with van der Waals surface area (Å²) < 4.78 is 7.33. The van der Waals surface area contributed by atoms with Gasteiger partial charge in [-0.25, -0.2) is 4.79 Å². The van der Waals surface area contributed by atoms with Crippen molar-refractivity contribution in [1.29, 1.82) is 0 Å². The normalized spacial score (nSPS) is 11.0. The van der Waals surface area contributed by atoms with Gasteiger partial charge in [0, 0.05) is 14.5 Å². The highest BCUT2D eigenvalue weighted by molar-refractivity contribution is 9.11. The number of carbonyl (C=O) groups excluding carboxylic acids is 1. The summed E-state index contributed by atoms with van der Waals surface area (Å²) >= 11 is 7.12. The Bertz CT molecular complexity index is 981. The summed E-state index contributed by atoms with van der Waals surface area (Å²) in [7, 11) is 0. The molecule has 0 aromatic heterocycles. The lowest BCUT2D eigenvalue weighted by Gasteiger charge is -2.06. The van der Waals surface area contributed by atoms with Crippen molar-refractivity contribution in [2.24, 2.45) is 10.2 Å². The zero-order valence-electron chi connectivity index (χ0n) is 15.2. The van der Waals surface area contributed by atoms with Gasteiger partial charge in [-0.1, -0.05) is 68.3 Å². The van der Waals surface area contributed by atoms with Gasteiger partial charge in [-0.2, -0.15) is 10.2 Å². The number of rotatable bonds is 6.